The van der Waals surface area contributed by atoms with E-state index in [-0.39, 0.29) is 11.3 Å². The predicted octanol–water partition coefficient (Wildman–Crippen LogP) is 1.90. The zero-order chi connectivity index (χ0) is 12.3. The molecular weight excluding hydrogens is 228 g/mol. The second kappa shape index (κ2) is 4.67. The Hall–Kier alpha value is -1.34. The van der Waals surface area contributed by atoms with E-state index in [2.05, 4.69) is 4.74 Å². The van der Waals surface area contributed by atoms with Gasteiger partial charge >= 0.3 is 6.18 Å². The van der Waals surface area contributed by atoms with Gasteiger partial charge in [0.15, 0.2) is 11.6 Å². The lowest BCUT2D eigenvalue weighted by molar-refractivity contribution is -0.157. The van der Waals surface area contributed by atoms with Crippen LogP contribution >= 0.6 is 0 Å². The van der Waals surface area contributed by atoms with Crippen LogP contribution in [0.1, 0.15) is 11.6 Å². The topological polar surface area (TPSA) is 47.3 Å². The number of hydrazine groups is 1. The Kier molecular flexibility index (Phi) is 3.71. The first-order valence-corrected chi connectivity index (χ1v) is 4.26. The summed E-state index contributed by atoms with van der Waals surface area (Å²) in [6.45, 7) is 0. The van der Waals surface area contributed by atoms with Crippen molar-refractivity contribution in [2.75, 3.05) is 7.11 Å². The standard InChI is InChI=1S/C9H10F4N2O/c1-16-7-3-2-5(4-6(7)10)8(15-14)9(11,12)13/h2-4,8,15H,14H2,1H3. The fraction of sp³-hybridized carbons (Fsp3) is 0.333. The highest BCUT2D eigenvalue weighted by Gasteiger charge is 2.40. The number of nitrogens with two attached hydrogens (primary N) is 1. The van der Waals surface area contributed by atoms with Gasteiger partial charge in [0.2, 0.25) is 0 Å². The third kappa shape index (κ3) is 2.61. The molecule has 0 aromatic heterocycles. The van der Waals surface area contributed by atoms with Crippen molar-refractivity contribution >= 4 is 0 Å². The molecule has 1 unspecified atom stereocenters. The molecule has 0 bridgehead atoms. The summed E-state index contributed by atoms with van der Waals surface area (Å²) < 4.78 is 55.0. The summed E-state index contributed by atoms with van der Waals surface area (Å²) >= 11 is 0. The molecule has 7 heteroatoms. The van der Waals surface area contributed by atoms with E-state index in [1.54, 1.807) is 5.43 Å². The molecule has 0 saturated heterocycles. The van der Waals surface area contributed by atoms with E-state index >= 15 is 0 Å². The third-order valence-corrected chi connectivity index (χ3v) is 2.00. The second-order valence-electron chi connectivity index (χ2n) is 3.04. The molecule has 0 radical (unpaired) electrons. The lowest BCUT2D eigenvalue weighted by atomic mass is 10.1. The molecule has 0 aliphatic heterocycles. The summed E-state index contributed by atoms with van der Waals surface area (Å²) in [5.74, 6) is 3.79. The molecule has 1 atom stereocenters. The van der Waals surface area contributed by atoms with E-state index in [1.807, 2.05) is 0 Å². The Morgan fingerprint density at radius 2 is 2.00 bits per heavy atom. The lowest BCUT2D eigenvalue weighted by Crippen LogP contribution is -2.38. The SMILES string of the molecule is COc1ccc(C(NN)C(F)(F)F)cc1F. The zero-order valence-corrected chi connectivity index (χ0v) is 8.31. The van der Waals surface area contributed by atoms with Crippen LogP contribution in [0.2, 0.25) is 0 Å². The number of rotatable bonds is 3. The number of benzene rings is 1. The highest BCUT2D eigenvalue weighted by molar-refractivity contribution is 5.31. The van der Waals surface area contributed by atoms with Gasteiger partial charge in [0.05, 0.1) is 7.11 Å². The molecule has 0 amide bonds. The number of hydrogen-bond acceptors (Lipinski definition) is 3. The highest BCUT2D eigenvalue weighted by Crippen LogP contribution is 2.33. The molecule has 0 fully saturated rings. The average Bonchev–Trinajstić information content (AvgIpc) is 2.17. The quantitative estimate of drug-likeness (QED) is 0.480. The fourth-order valence-corrected chi connectivity index (χ4v) is 1.24. The van der Waals surface area contributed by atoms with Crippen LogP contribution in [-0.2, 0) is 0 Å². The van der Waals surface area contributed by atoms with E-state index in [9.17, 15) is 17.6 Å². The van der Waals surface area contributed by atoms with Crippen LogP contribution < -0.4 is 16.0 Å². The number of halogens is 4. The molecule has 3 N–H and O–H groups in total. The first kappa shape index (κ1) is 12.7. The summed E-state index contributed by atoms with van der Waals surface area (Å²) in [6, 6.07) is 0.838. The van der Waals surface area contributed by atoms with Gasteiger partial charge in [0.25, 0.3) is 0 Å². The Morgan fingerprint density at radius 3 is 2.38 bits per heavy atom. The minimum atomic E-state index is -4.59. The molecule has 0 saturated carbocycles. The summed E-state index contributed by atoms with van der Waals surface area (Å²) in [4.78, 5) is 0. The van der Waals surface area contributed by atoms with Gasteiger partial charge in [-0.1, -0.05) is 6.07 Å². The van der Waals surface area contributed by atoms with Gasteiger partial charge in [-0.05, 0) is 17.7 Å². The zero-order valence-electron chi connectivity index (χ0n) is 8.31. The summed E-state index contributed by atoms with van der Waals surface area (Å²) in [6.07, 6.45) is -4.59. The summed E-state index contributed by atoms with van der Waals surface area (Å²) in [7, 11) is 1.22. The highest BCUT2D eigenvalue weighted by atomic mass is 19.4. The third-order valence-electron chi connectivity index (χ3n) is 2.00. The van der Waals surface area contributed by atoms with Crippen LogP contribution in [0.5, 0.6) is 5.75 Å². The monoisotopic (exact) mass is 238 g/mol. The van der Waals surface area contributed by atoms with E-state index in [4.69, 9.17) is 5.84 Å². The summed E-state index contributed by atoms with van der Waals surface area (Å²) in [5.41, 5.74) is 1.28. The first-order chi connectivity index (χ1) is 7.40. The van der Waals surface area contributed by atoms with Crippen molar-refractivity contribution in [3.8, 4) is 5.75 Å². The molecule has 0 aliphatic carbocycles. The predicted molar refractivity (Wildman–Crippen MR) is 49.1 cm³/mol. The van der Waals surface area contributed by atoms with Crippen LogP contribution in [0, 0.1) is 5.82 Å². The van der Waals surface area contributed by atoms with Gasteiger partial charge in [-0.25, -0.2) is 9.82 Å². The van der Waals surface area contributed by atoms with Crippen LogP contribution in [0.25, 0.3) is 0 Å². The maximum absolute atomic E-state index is 13.2. The summed E-state index contributed by atoms with van der Waals surface area (Å²) in [5, 5.41) is 0. The van der Waals surface area contributed by atoms with Crippen molar-refractivity contribution < 1.29 is 22.3 Å². The van der Waals surface area contributed by atoms with Crippen molar-refractivity contribution in [2.24, 2.45) is 5.84 Å². The maximum atomic E-state index is 13.2. The molecule has 1 aromatic rings. The number of methoxy groups -OCH3 is 1. The Balaban J connectivity index is 3.08. The Morgan fingerprint density at radius 1 is 1.38 bits per heavy atom. The van der Waals surface area contributed by atoms with E-state index in [0.29, 0.717) is 0 Å². The largest absolute Gasteiger partial charge is 0.494 e. The molecule has 1 aromatic carbocycles. The molecule has 1 rings (SSSR count). The van der Waals surface area contributed by atoms with E-state index in [1.165, 1.54) is 7.11 Å². The molecule has 0 heterocycles. The van der Waals surface area contributed by atoms with Crippen molar-refractivity contribution in [1.82, 2.24) is 5.43 Å². The van der Waals surface area contributed by atoms with E-state index < -0.39 is 18.0 Å². The first-order valence-electron chi connectivity index (χ1n) is 4.26. The second-order valence-corrected chi connectivity index (χ2v) is 3.04. The van der Waals surface area contributed by atoms with Crippen LogP contribution in [0.3, 0.4) is 0 Å². The minimum absolute atomic E-state index is 0.123. The van der Waals surface area contributed by atoms with Gasteiger partial charge in [0, 0.05) is 0 Å². The van der Waals surface area contributed by atoms with Crippen LogP contribution in [0.15, 0.2) is 18.2 Å². The fourth-order valence-electron chi connectivity index (χ4n) is 1.24. The van der Waals surface area contributed by atoms with E-state index in [0.717, 1.165) is 18.2 Å². The number of nitrogens with one attached hydrogen (secondary N) is 1. The maximum Gasteiger partial charge on any atom is 0.409 e. The Labute approximate surface area is 89.2 Å². The van der Waals surface area contributed by atoms with Gasteiger partial charge in [0.1, 0.15) is 6.04 Å². The molecule has 16 heavy (non-hydrogen) atoms. The normalized spacial score (nSPS) is 13.6. The average molecular weight is 238 g/mol. The van der Waals surface area contributed by atoms with Crippen molar-refractivity contribution in [3.63, 3.8) is 0 Å². The molecular formula is C9H10F4N2O. The van der Waals surface area contributed by atoms with Gasteiger partial charge in [-0.15, -0.1) is 0 Å². The van der Waals surface area contributed by atoms with Crippen LogP contribution in [-0.4, -0.2) is 13.3 Å². The van der Waals surface area contributed by atoms with Gasteiger partial charge in [-0.2, -0.15) is 13.2 Å². The molecule has 0 spiro atoms. The molecule has 3 nitrogen and oxygen atoms in total. The van der Waals surface area contributed by atoms with Crippen molar-refractivity contribution in [1.29, 1.82) is 0 Å². The lowest BCUT2D eigenvalue weighted by Gasteiger charge is -2.19. The molecule has 90 valence electrons. The van der Waals surface area contributed by atoms with Crippen LogP contribution in [0.4, 0.5) is 17.6 Å². The van der Waals surface area contributed by atoms with Crippen molar-refractivity contribution in [3.05, 3.63) is 29.6 Å². The smallest absolute Gasteiger partial charge is 0.409 e. The van der Waals surface area contributed by atoms with Gasteiger partial charge in [-0.3, -0.25) is 5.84 Å². The number of hydrogen-bond donors (Lipinski definition) is 2. The Bertz CT molecular complexity index is 367. The number of ether oxygens (including phenoxy) is 1. The number of alkyl halides is 3. The minimum Gasteiger partial charge on any atom is -0.494 e. The molecule has 0 aliphatic rings. The van der Waals surface area contributed by atoms with Gasteiger partial charge < -0.3 is 4.74 Å². The van der Waals surface area contributed by atoms with Crippen molar-refractivity contribution in [2.45, 2.75) is 12.2 Å².